The molecular weight excluding hydrogens is 280 g/mol. The van der Waals surface area contributed by atoms with Gasteiger partial charge in [0.2, 0.25) is 0 Å². The first-order valence-corrected chi connectivity index (χ1v) is 6.98. The van der Waals surface area contributed by atoms with Crippen LogP contribution >= 0.6 is 0 Å². The molecule has 0 unspecified atom stereocenters. The number of likely N-dealkylation sites (tertiary alicyclic amines) is 2. The fraction of sp³-hybridized carbons (Fsp3) is 0.769. The molecule has 118 valence electrons. The van der Waals surface area contributed by atoms with Gasteiger partial charge in [-0.1, -0.05) is 0 Å². The van der Waals surface area contributed by atoms with Gasteiger partial charge in [0.05, 0.1) is 19.1 Å². The van der Waals surface area contributed by atoms with E-state index in [9.17, 15) is 19.5 Å². The predicted octanol–water partition coefficient (Wildman–Crippen LogP) is -0.489. The highest BCUT2D eigenvalue weighted by molar-refractivity contribution is 5.83. The van der Waals surface area contributed by atoms with Gasteiger partial charge in [-0.3, -0.25) is 4.79 Å². The van der Waals surface area contributed by atoms with Crippen molar-refractivity contribution in [3.8, 4) is 0 Å². The number of ether oxygens (including phenoxy) is 1. The molecule has 2 aliphatic rings. The van der Waals surface area contributed by atoms with Gasteiger partial charge in [0.1, 0.15) is 6.04 Å². The largest absolute Gasteiger partial charge is 0.480 e. The number of rotatable bonds is 2. The SMILES string of the molecule is COC(=O)C1CCN(C(=O)N2C[C@H](O)C[C@@H]2C(=O)O)CC1. The monoisotopic (exact) mass is 300 g/mol. The summed E-state index contributed by atoms with van der Waals surface area (Å²) in [5.41, 5.74) is 0. The molecule has 2 N–H and O–H groups in total. The molecule has 2 amide bonds. The molecule has 2 aliphatic heterocycles. The van der Waals surface area contributed by atoms with Crippen molar-refractivity contribution >= 4 is 18.0 Å². The maximum atomic E-state index is 12.4. The minimum atomic E-state index is -1.11. The van der Waals surface area contributed by atoms with Gasteiger partial charge in [-0.05, 0) is 12.8 Å². The maximum Gasteiger partial charge on any atom is 0.326 e. The number of nitrogens with zero attached hydrogens (tertiary/aromatic N) is 2. The van der Waals surface area contributed by atoms with Crippen molar-refractivity contribution in [1.82, 2.24) is 9.80 Å². The number of amides is 2. The number of β-amino-alcohol motifs (C(OH)–C–C–N with tert-alkyl or cyclic N) is 1. The molecule has 2 heterocycles. The number of esters is 1. The van der Waals surface area contributed by atoms with Crippen LogP contribution in [0, 0.1) is 5.92 Å². The van der Waals surface area contributed by atoms with E-state index in [0.29, 0.717) is 25.9 Å². The van der Waals surface area contributed by atoms with Crippen LogP contribution < -0.4 is 0 Å². The second-order valence-electron chi connectivity index (χ2n) is 5.46. The molecule has 21 heavy (non-hydrogen) atoms. The van der Waals surface area contributed by atoms with Crippen molar-refractivity contribution in [2.24, 2.45) is 5.92 Å². The number of hydrogen-bond acceptors (Lipinski definition) is 5. The van der Waals surface area contributed by atoms with Crippen molar-refractivity contribution in [1.29, 1.82) is 0 Å². The first kappa shape index (κ1) is 15.6. The smallest absolute Gasteiger partial charge is 0.326 e. The summed E-state index contributed by atoms with van der Waals surface area (Å²) in [5, 5.41) is 18.7. The van der Waals surface area contributed by atoms with Crippen molar-refractivity contribution in [3.63, 3.8) is 0 Å². The molecule has 0 saturated carbocycles. The standard InChI is InChI=1S/C13H20N2O6/c1-21-12(19)8-2-4-14(5-3-8)13(20)15-7-9(16)6-10(15)11(17)18/h8-10,16H,2-7H2,1H3,(H,17,18)/t9-,10-/m1/s1. The van der Waals surface area contributed by atoms with Gasteiger partial charge in [0, 0.05) is 26.1 Å². The Morgan fingerprint density at radius 2 is 1.81 bits per heavy atom. The molecule has 2 rings (SSSR count). The van der Waals surface area contributed by atoms with E-state index < -0.39 is 18.1 Å². The van der Waals surface area contributed by atoms with Crippen LogP contribution in [0.25, 0.3) is 0 Å². The highest BCUT2D eigenvalue weighted by atomic mass is 16.5. The number of piperidine rings is 1. The highest BCUT2D eigenvalue weighted by Gasteiger charge is 2.41. The zero-order valence-electron chi connectivity index (χ0n) is 11.9. The van der Waals surface area contributed by atoms with Crippen LogP contribution in [0.2, 0.25) is 0 Å². The van der Waals surface area contributed by atoms with Crippen molar-refractivity contribution in [2.45, 2.75) is 31.4 Å². The number of carbonyl (C=O) groups excluding carboxylic acids is 2. The molecule has 0 aromatic rings. The summed E-state index contributed by atoms with van der Waals surface area (Å²) in [6.45, 7) is 0.807. The molecule has 2 fully saturated rings. The van der Waals surface area contributed by atoms with Gasteiger partial charge in [0.25, 0.3) is 0 Å². The van der Waals surface area contributed by atoms with Gasteiger partial charge in [-0.25, -0.2) is 9.59 Å². The Kier molecular flexibility index (Phi) is 4.66. The minimum Gasteiger partial charge on any atom is -0.480 e. The lowest BCUT2D eigenvalue weighted by Crippen LogP contribution is -2.51. The van der Waals surface area contributed by atoms with Gasteiger partial charge in [-0.2, -0.15) is 0 Å². The maximum absolute atomic E-state index is 12.4. The van der Waals surface area contributed by atoms with Gasteiger partial charge in [0.15, 0.2) is 0 Å². The zero-order chi connectivity index (χ0) is 15.6. The fourth-order valence-electron chi connectivity index (χ4n) is 2.91. The van der Waals surface area contributed by atoms with E-state index in [0.717, 1.165) is 0 Å². The predicted molar refractivity (Wildman–Crippen MR) is 70.5 cm³/mol. The lowest BCUT2D eigenvalue weighted by molar-refractivity contribution is -0.146. The number of urea groups is 1. The summed E-state index contributed by atoms with van der Waals surface area (Å²) in [7, 11) is 1.34. The van der Waals surface area contributed by atoms with E-state index in [2.05, 4.69) is 4.74 Å². The molecule has 0 aromatic heterocycles. The first-order valence-electron chi connectivity index (χ1n) is 6.98. The molecule has 8 nitrogen and oxygen atoms in total. The lowest BCUT2D eigenvalue weighted by atomic mass is 9.97. The molecule has 0 aliphatic carbocycles. The van der Waals surface area contributed by atoms with Gasteiger partial charge < -0.3 is 24.7 Å². The van der Waals surface area contributed by atoms with Crippen LogP contribution in [0.3, 0.4) is 0 Å². The van der Waals surface area contributed by atoms with Crippen LogP contribution in [0.15, 0.2) is 0 Å². The topological polar surface area (TPSA) is 107 Å². The summed E-state index contributed by atoms with van der Waals surface area (Å²) in [5.74, 6) is -1.59. The summed E-state index contributed by atoms with van der Waals surface area (Å²) < 4.78 is 4.68. The van der Waals surface area contributed by atoms with Crippen LogP contribution in [0.4, 0.5) is 4.79 Å². The quantitative estimate of drug-likeness (QED) is 0.666. The number of carboxylic acid groups (broad SMARTS) is 1. The fourth-order valence-corrected chi connectivity index (χ4v) is 2.91. The van der Waals surface area contributed by atoms with Crippen LogP contribution in [0.1, 0.15) is 19.3 Å². The van der Waals surface area contributed by atoms with Crippen molar-refractivity contribution < 1.29 is 29.3 Å². The third-order valence-electron chi connectivity index (χ3n) is 4.11. The normalized spacial score (nSPS) is 26.8. The molecule has 8 heteroatoms. The third-order valence-corrected chi connectivity index (χ3v) is 4.11. The van der Waals surface area contributed by atoms with Gasteiger partial charge in [-0.15, -0.1) is 0 Å². The molecule has 0 aromatic carbocycles. The Morgan fingerprint density at radius 1 is 1.19 bits per heavy atom. The Morgan fingerprint density at radius 3 is 2.33 bits per heavy atom. The molecule has 0 bridgehead atoms. The number of aliphatic hydroxyl groups excluding tert-OH is 1. The number of aliphatic carboxylic acids is 1. The number of aliphatic hydroxyl groups is 1. The second-order valence-corrected chi connectivity index (χ2v) is 5.46. The molecule has 2 atom stereocenters. The van der Waals surface area contributed by atoms with Crippen molar-refractivity contribution in [3.05, 3.63) is 0 Å². The molecule has 0 radical (unpaired) electrons. The highest BCUT2D eigenvalue weighted by Crippen LogP contribution is 2.24. The zero-order valence-corrected chi connectivity index (χ0v) is 11.9. The average molecular weight is 300 g/mol. The van der Waals surface area contributed by atoms with E-state index in [1.54, 1.807) is 0 Å². The molecular formula is C13H20N2O6. The average Bonchev–Trinajstić information content (AvgIpc) is 2.88. The lowest BCUT2D eigenvalue weighted by Gasteiger charge is -2.34. The summed E-state index contributed by atoms with van der Waals surface area (Å²) in [6, 6.07) is -1.37. The number of methoxy groups -OCH3 is 1. The minimum absolute atomic E-state index is 0.0345. The Balaban J connectivity index is 1.95. The van der Waals surface area contributed by atoms with E-state index in [-0.39, 0.29) is 30.9 Å². The van der Waals surface area contributed by atoms with Crippen molar-refractivity contribution in [2.75, 3.05) is 26.7 Å². The number of hydrogen-bond donors (Lipinski definition) is 2. The molecule has 2 saturated heterocycles. The first-order chi connectivity index (χ1) is 9.93. The summed E-state index contributed by atoms with van der Waals surface area (Å²) >= 11 is 0. The molecule has 0 spiro atoms. The number of carbonyl (C=O) groups is 3. The summed E-state index contributed by atoms with van der Waals surface area (Å²) in [4.78, 5) is 37.7. The van der Waals surface area contributed by atoms with Crippen LogP contribution in [-0.4, -0.2) is 76.9 Å². The summed E-state index contributed by atoms with van der Waals surface area (Å²) in [6.07, 6.45) is 0.265. The van der Waals surface area contributed by atoms with E-state index in [1.165, 1.54) is 16.9 Å². The Bertz CT molecular complexity index is 432. The van der Waals surface area contributed by atoms with E-state index >= 15 is 0 Å². The van der Waals surface area contributed by atoms with Gasteiger partial charge >= 0.3 is 18.0 Å². The third kappa shape index (κ3) is 3.26. The Hall–Kier alpha value is -1.83. The van der Waals surface area contributed by atoms with Crippen LogP contribution in [0.5, 0.6) is 0 Å². The Labute approximate surface area is 122 Å². The van der Waals surface area contributed by atoms with E-state index in [4.69, 9.17) is 5.11 Å². The number of carboxylic acids is 1. The second kappa shape index (κ2) is 6.30. The van der Waals surface area contributed by atoms with Crippen LogP contribution in [-0.2, 0) is 14.3 Å². The van der Waals surface area contributed by atoms with E-state index in [1.807, 2.05) is 0 Å².